The number of anilines is 1. The molecule has 0 radical (unpaired) electrons. The highest BCUT2D eigenvalue weighted by atomic mass is 79.9. The molecule has 0 atom stereocenters. The van der Waals surface area contributed by atoms with E-state index >= 15 is 0 Å². The predicted molar refractivity (Wildman–Crippen MR) is 93.2 cm³/mol. The van der Waals surface area contributed by atoms with Gasteiger partial charge in [0.2, 0.25) is 0 Å². The number of aromatic nitrogens is 2. The summed E-state index contributed by atoms with van der Waals surface area (Å²) in [6.45, 7) is 7.31. The van der Waals surface area contributed by atoms with E-state index in [2.05, 4.69) is 64.1 Å². The smallest absolute Gasteiger partial charge is 0.134 e. The SMILES string of the molecule is CCCNc1cc(Sc2ccc(Br)cc2)nc(C(C)C)n1. The van der Waals surface area contributed by atoms with Crippen LogP contribution in [-0.4, -0.2) is 16.5 Å². The fourth-order valence-electron chi connectivity index (χ4n) is 1.72. The monoisotopic (exact) mass is 365 g/mol. The number of hydrogen-bond donors (Lipinski definition) is 1. The summed E-state index contributed by atoms with van der Waals surface area (Å²) in [5, 5.41) is 4.33. The largest absolute Gasteiger partial charge is 0.370 e. The fourth-order valence-corrected chi connectivity index (χ4v) is 2.81. The van der Waals surface area contributed by atoms with Gasteiger partial charge in [-0.15, -0.1) is 0 Å². The summed E-state index contributed by atoms with van der Waals surface area (Å²) in [6.07, 6.45) is 1.08. The molecular formula is C16H20BrN3S. The third kappa shape index (κ3) is 5.00. The maximum atomic E-state index is 4.66. The molecule has 0 bridgehead atoms. The van der Waals surface area contributed by atoms with E-state index in [1.54, 1.807) is 11.8 Å². The van der Waals surface area contributed by atoms with Crippen molar-refractivity contribution in [3.63, 3.8) is 0 Å². The Balaban J connectivity index is 2.24. The molecule has 0 aliphatic carbocycles. The number of benzene rings is 1. The van der Waals surface area contributed by atoms with Crippen LogP contribution in [0.4, 0.5) is 5.82 Å². The van der Waals surface area contributed by atoms with Crippen LogP contribution < -0.4 is 5.32 Å². The van der Waals surface area contributed by atoms with E-state index in [9.17, 15) is 0 Å². The molecule has 0 saturated carbocycles. The van der Waals surface area contributed by atoms with Crippen molar-refractivity contribution in [1.82, 2.24) is 9.97 Å². The van der Waals surface area contributed by atoms with E-state index < -0.39 is 0 Å². The summed E-state index contributed by atoms with van der Waals surface area (Å²) in [4.78, 5) is 10.4. The molecule has 0 amide bonds. The maximum Gasteiger partial charge on any atom is 0.134 e. The lowest BCUT2D eigenvalue weighted by molar-refractivity contribution is 0.753. The molecule has 0 aliphatic heterocycles. The van der Waals surface area contributed by atoms with Gasteiger partial charge in [0.25, 0.3) is 0 Å². The Labute approximate surface area is 139 Å². The zero-order chi connectivity index (χ0) is 15.2. The van der Waals surface area contributed by atoms with Gasteiger partial charge < -0.3 is 5.32 Å². The summed E-state index contributed by atoms with van der Waals surface area (Å²) in [5.41, 5.74) is 0. The lowest BCUT2D eigenvalue weighted by Crippen LogP contribution is -2.06. The third-order valence-corrected chi connectivity index (χ3v) is 4.28. The minimum Gasteiger partial charge on any atom is -0.370 e. The Morgan fingerprint density at radius 3 is 2.52 bits per heavy atom. The van der Waals surface area contributed by atoms with E-state index in [0.29, 0.717) is 5.92 Å². The highest BCUT2D eigenvalue weighted by molar-refractivity contribution is 9.10. The Hall–Kier alpha value is -1.07. The first-order valence-corrected chi connectivity index (χ1v) is 8.75. The van der Waals surface area contributed by atoms with Crippen molar-refractivity contribution >= 4 is 33.5 Å². The topological polar surface area (TPSA) is 37.8 Å². The van der Waals surface area contributed by atoms with Crippen LogP contribution in [0, 0.1) is 0 Å². The molecule has 112 valence electrons. The second-order valence-electron chi connectivity index (χ2n) is 5.09. The molecule has 1 heterocycles. The lowest BCUT2D eigenvalue weighted by atomic mass is 10.2. The predicted octanol–water partition coefficient (Wildman–Crippen LogP) is 5.34. The van der Waals surface area contributed by atoms with Gasteiger partial charge in [0, 0.05) is 27.9 Å². The molecule has 1 aromatic carbocycles. The first-order valence-electron chi connectivity index (χ1n) is 7.14. The average Bonchev–Trinajstić information content (AvgIpc) is 2.47. The van der Waals surface area contributed by atoms with Gasteiger partial charge in [-0.1, -0.05) is 48.5 Å². The molecule has 0 aliphatic rings. The van der Waals surface area contributed by atoms with Crippen molar-refractivity contribution in [2.45, 2.75) is 43.0 Å². The minimum absolute atomic E-state index is 0.317. The van der Waals surface area contributed by atoms with E-state index in [-0.39, 0.29) is 0 Å². The van der Waals surface area contributed by atoms with Crippen LogP contribution in [0.15, 0.2) is 44.7 Å². The molecule has 0 spiro atoms. The molecule has 1 N–H and O–H groups in total. The van der Waals surface area contributed by atoms with Crippen molar-refractivity contribution in [1.29, 1.82) is 0 Å². The number of nitrogens with zero attached hydrogens (tertiary/aromatic N) is 2. The van der Waals surface area contributed by atoms with Crippen molar-refractivity contribution < 1.29 is 0 Å². The van der Waals surface area contributed by atoms with E-state index in [4.69, 9.17) is 0 Å². The van der Waals surface area contributed by atoms with Crippen LogP contribution in [0.1, 0.15) is 38.9 Å². The van der Waals surface area contributed by atoms with Crippen LogP contribution >= 0.6 is 27.7 Å². The number of rotatable bonds is 6. The number of nitrogens with one attached hydrogen (secondary N) is 1. The molecule has 5 heteroatoms. The highest BCUT2D eigenvalue weighted by Crippen LogP contribution is 2.29. The number of hydrogen-bond acceptors (Lipinski definition) is 4. The van der Waals surface area contributed by atoms with E-state index in [1.807, 2.05) is 18.2 Å². The second kappa shape index (κ2) is 7.80. The van der Waals surface area contributed by atoms with Crippen molar-refractivity contribution in [2.24, 2.45) is 0 Å². The van der Waals surface area contributed by atoms with Gasteiger partial charge in [-0.2, -0.15) is 0 Å². The number of halogens is 1. The summed E-state index contributed by atoms with van der Waals surface area (Å²) < 4.78 is 1.09. The molecule has 0 fully saturated rings. The first-order chi connectivity index (χ1) is 10.1. The zero-order valence-electron chi connectivity index (χ0n) is 12.6. The van der Waals surface area contributed by atoms with Gasteiger partial charge in [-0.25, -0.2) is 9.97 Å². The quantitative estimate of drug-likeness (QED) is 0.701. The highest BCUT2D eigenvalue weighted by Gasteiger charge is 2.09. The molecule has 1 aromatic heterocycles. The molecule has 0 unspecified atom stereocenters. The van der Waals surface area contributed by atoms with Gasteiger partial charge in [0.1, 0.15) is 16.7 Å². The van der Waals surface area contributed by atoms with Crippen molar-refractivity contribution in [2.75, 3.05) is 11.9 Å². The average molecular weight is 366 g/mol. The van der Waals surface area contributed by atoms with Crippen LogP contribution in [0.2, 0.25) is 0 Å². The summed E-state index contributed by atoms with van der Waals surface area (Å²) in [5.74, 6) is 2.11. The summed E-state index contributed by atoms with van der Waals surface area (Å²) in [6, 6.07) is 10.3. The van der Waals surface area contributed by atoms with Crippen molar-refractivity contribution in [3.05, 3.63) is 40.6 Å². The van der Waals surface area contributed by atoms with Crippen LogP contribution in [0.25, 0.3) is 0 Å². The first kappa shape index (κ1) is 16.3. The fraction of sp³-hybridized carbons (Fsp3) is 0.375. The summed E-state index contributed by atoms with van der Waals surface area (Å²) in [7, 11) is 0. The van der Waals surface area contributed by atoms with E-state index in [0.717, 1.165) is 34.1 Å². The zero-order valence-corrected chi connectivity index (χ0v) is 15.0. The molecule has 21 heavy (non-hydrogen) atoms. The van der Waals surface area contributed by atoms with Crippen LogP contribution in [0.5, 0.6) is 0 Å². The Morgan fingerprint density at radius 2 is 1.90 bits per heavy atom. The van der Waals surface area contributed by atoms with Crippen LogP contribution in [-0.2, 0) is 0 Å². The van der Waals surface area contributed by atoms with Crippen LogP contribution in [0.3, 0.4) is 0 Å². The van der Waals surface area contributed by atoms with Gasteiger partial charge in [0.05, 0.1) is 0 Å². The molecular weight excluding hydrogens is 346 g/mol. The molecule has 3 nitrogen and oxygen atoms in total. The van der Waals surface area contributed by atoms with Gasteiger partial charge in [0.15, 0.2) is 0 Å². The molecule has 2 rings (SSSR count). The third-order valence-electron chi connectivity index (χ3n) is 2.83. The lowest BCUT2D eigenvalue weighted by Gasteiger charge is -2.11. The Morgan fingerprint density at radius 1 is 1.19 bits per heavy atom. The normalized spacial score (nSPS) is 10.9. The Bertz CT molecular complexity index is 585. The van der Waals surface area contributed by atoms with Gasteiger partial charge >= 0.3 is 0 Å². The Kier molecular flexibility index (Phi) is 6.06. The van der Waals surface area contributed by atoms with Crippen molar-refractivity contribution in [3.8, 4) is 0 Å². The standard InChI is InChI=1S/C16H20BrN3S/c1-4-9-18-14-10-15(20-16(19-14)11(2)3)21-13-7-5-12(17)6-8-13/h5-8,10-11H,4,9H2,1-3H3,(H,18,19,20). The molecule has 2 aromatic rings. The van der Waals surface area contributed by atoms with Gasteiger partial charge in [-0.05, 0) is 30.7 Å². The minimum atomic E-state index is 0.317. The molecule has 0 saturated heterocycles. The maximum absolute atomic E-state index is 4.66. The van der Waals surface area contributed by atoms with Gasteiger partial charge in [-0.3, -0.25) is 0 Å². The second-order valence-corrected chi connectivity index (χ2v) is 7.10. The van der Waals surface area contributed by atoms with E-state index in [1.165, 1.54) is 4.90 Å². The summed E-state index contributed by atoms with van der Waals surface area (Å²) >= 11 is 5.12.